The van der Waals surface area contributed by atoms with Crippen LogP contribution in [0.15, 0.2) is 48.9 Å². The lowest BCUT2D eigenvalue weighted by Gasteiger charge is -2.20. The molecule has 0 unspecified atom stereocenters. The van der Waals surface area contributed by atoms with Gasteiger partial charge in [-0.2, -0.15) is 10.1 Å². The molecule has 10 nitrogen and oxygen atoms in total. The quantitative estimate of drug-likeness (QED) is 0.370. The number of aromatic nitrogens is 5. The molecule has 1 amide bonds. The number of amides is 1. The van der Waals surface area contributed by atoms with E-state index in [1.54, 1.807) is 4.68 Å². The molecule has 0 spiro atoms. The zero-order chi connectivity index (χ0) is 24.5. The molecule has 1 aliphatic heterocycles. The van der Waals surface area contributed by atoms with Crippen LogP contribution in [-0.4, -0.2) is 30.6 Å². The van der Waals surface area contributed by atoms with Crippen LogP contribution < -0.4 is 21.1 Å². The van der Waals surface area contributed by atoms with Crippen LogP contribution in [0.4, 0.5) is 23.3 Å². The Morgan fingerprint density at radius 2 is 2.03 bits per heavy atom. The van der Waals surface area contributed by atoms with Crippen molar-refractivity contribution in [3.8, 4) is 17.0 Å². The third kappa shape index (κ3) is 4.63. The van der Waals surface area contributed by atoms with E-state index in [-0.39, 0.29) is 17.3 Å². The SMILES string of the molecule is CC(C)Cc1ccc(Nc2ncc(C(N)=O)c(Nc3cccc4c3OCc3cn(C)nc3-4)n2)nc1. The molecule has 4 aromatic rings. The summed E-state index contributed by atoms with van der Waals surface area (Å²) in [6, 6.07) is 9.58. The summed E-state index contributed by atoms with van der Waals surface area (Å²) in [7, 11) is 1.88. The van der Waals surface area contributed by atoms with Gasteiger partial charge in [0.05, 0.1) is 5.69 Å². The number of hydrogen-bond acceptors (Lipinski definition) is 8. The van der Waals surface area contributed by atoms with Gasteiger partial charge >= 0.3 is 0 Å². The Kier molecular flexibility index (Phi) is 5.77. The van der Waals surface area contributed by atoms with E-state index in [0.29, 0.717) is 29.8 Å². The van der Waals surface area contributed by atoms with Gasteiger partial charge in [0.25, 0.3) is 5.91 Å². The Bertz CT molecular complexity index is 1400. The number of para-hydroxylation sites is 1. The van der Waals surface area contributed by atoms with Crippen molar-refractivity contribution >= 4 is 29.2 Å². The minimum absolute atomic E-state index is 0.155. The minimum atomic E-state index is -0.645. The summed E-state index contributed by atoms with van der Waals surface area (Å²) < 4.78 is 7.79. The van der Waals surface area contributed by atoms with E-state index < -0.39 is 5.91 Å². The third-order valence-corrected chi connectivity index (χ3v) is 5.56. The van der Waals surface area contributed by atoms with E-state index in [0.717, 1.165) is 28.8 Å². The van der Waals surface area contributed by atoms with E-state index in [2.05, 4.69) is 44.5 Å². The Hall–Kier alpha value is -4.47. The van der Waals surface area contributed by atoms with Crippen LogP contribution in [0.5, 0.6) is 5.75 Å². The summed E-state index contributed by atoms with van der Waals surface area (Å²) in [6.45, 7) is 4.73. The number of carbonyl (C=O) groups is 1. The molecule has 4 N–H and O–H groups in total. The van der Waals surface area contributed by atoms with Crippen LogP contribution in [-0.2, 0) is 20.1 Å². The molecular weight excluding hydrogens is 444 g/mol. The molecule has 178 valence electrons. The number of hydrogen-bond donors (Lipinski definition) is 3. The third-order valence-electron chi connectivity index (χ3n) is 5.56. The first-order chi connectivity index (χ1) is 16.9. The fourth-order valence-electron chi connectivity index (χ4n) is 4.05. The maximum absolute atomic E-state index is 12.1. The van der Waals surface area contributed by atoms with Gasteiger partial charge in [-0.1, -0.05) is 26.0 Å². The fraction of sp³-hybridized carbons (Fsp3) is 0.240. The second-order valence-corrected chi connectivity index (χ2v) is 8.87. The van der Waals surface area contributed by atoms with Gasteiger partial charge in [0.1, 0.15) is 29.5 Å². The average Bonchev–Trinajstić information content (AvgIpc) is 3.21. The lowest BCUT2D eigenvalue weighted by molar-refractivity contribution is 0.100. The predicted molar refractivity (Wildman–Crippen MR) is 133 cm³/mol. The lowest BCUT2D eigenvalue weighted by atomic mass is 10.0. The first-order valence-corrected chi connectivity index (χ1v) is 11.3. The van der Waals surface area contributed by atoms with Gasteiger partial charge in [-0.3, -0.25) is 9.48 Å². The Labute approximate surface area is 202 Å². The summed E-state index contributed by atoms with van der Waals surface area (Å²) >= 11 is 0. The van der Waals surface area contributed by atoms with Crippen LogP contribution >= 0.6 is 0 Å². The van der Waals surface area contributed by atoms with Crippen LogP contribution in [0.25, 0.3) is 11.3 Å². The summed E-state index contributed by atoms with van der Waals surface area (Å²) in [4.78, 5) is 25.3. The highest BCUT2D eigenvalue weighted by Gasteiger charge is 2.24. The number of primary amides is 1. The second kappa shape index (κ2) is 9.05. The van der Waals surface area contributed by atoms with Gasteiger partial charge in [0.15, 0.2) is 5.75 Å². The standard InChI is InChI=1S/C25H26N8O2/c1-14(2)9-15-7-8-20(27-10-15)30-25-28-11-18(23(26)34)24(31-25)29-19-6-4-5-17-21-16(12-33(3)32-21)13-35-22(17)19/h4-8,10-12,14H,9,13H2,1-3H3,(H2,26,34)(H2,27,28,29,30,31). The number of pyridine rings is 1. The molecule has 1 aliphatic rings. The Morgan fingerprint density at radius 3 is 2.77 bits per heavy atom. The van der Waals surface area contributed by atoms with Gasteiger partial charge in [-0.15, -0.1) is 0 Å². The van der Waals surface area contributed by atoms with Crippen LogP contribution in [0.2, 0.25) is 0 Å². The molecule has 4 heterocycles. The molecule has 10 heteroatoms. The van der Waals surface area contributed by atoms with Crippen LogP contribution in [0.1, 0.15) is 35.3 Å². The summed E-state index contributed by atoms with van der Waals surface area (Å²) in [5.74, 6) is 1.66. The number of ether oxygens (including phenoxy) is 1. The Balaban J connectivity index is 1.44. The fourth-order valence-corrected chi connectivity index (χ4v) is 4.05. The van der Waals surface area contributed by atoms with Crippen molar-refractivity contribution in [2.75, 3.05) is 10.6 Å². The monoisotopic (exact) mass is 470 g/mol. The number of nitrogens with two attached hydrogens (primary N) is 1. The smallest absolute Gasteiger partial charge is 0.254 e. The average molecular weight is 471 g/mol. The second-order valence-electron chi connectivity index (χ2n) is 8.87. The molecule has 1 aromatic carbocycles. The van der Waals surface area contributed by atoms with Crippen molar-refractivity contribution in [2.45, 2.75) is 26.9 Å². The van der Waals surface area contributed by atoms with Crippen molar-refractivity contribution in [3.63, 3.8) is 0 Å². The van der Waals surface area contributed by atoms with Crippen molar-refractivity contribution in [3.05, 3.63) is 65.6 Å². The topological polar surface area (TPSA) is 133 Å². The number of nitrogens with zero attached hydrogens (tertiary/aromatic N) is 5. The molecular formula is C25H26N8O2. The van der Waals surface area contributed by atoms with Crippen molar-refractivity contribution in [2.24, 2.45) is 18.7 Å². The predicted octanol–water partition coefficient (Wildman–Crippen LogP) is 3.95. The first-order valence-electron chi connectivity index (χ1n) is 11.3. The molecule has 5 rings (SSSR count). The molecule has 3 aromatic heterocycles. The Morgan fingerprint density at radius 1 is 1.17 bits per heavy atom. The van der Waals surface area contributed by atoms with Gasteiger partial charge in [0.2, 0.25) is 5.95 Å². The molecule has 0 aliphatic carbocycles. The lowest BCUT2D eigenvalue weighted by Crippen LogP contribution is -2.16. The molecule has 35 heavy (non-hydrogen) atoms. The number of carbonyl (C=O) groups excluding carboxylic acids is 1. The van der Waals surface area contributed by atoms with Gasteiger partial charge < -0.3 is 21.1 Å². The molecule has 0 atom stereocenters. The molecule has 0 saturated carbocycles. The highest BCUT2D eigenvalue weighted by Crippen LogP contribution is 2.42. The van der Waals surface area contributed by atoms with Gasteiger partial charge in [0, 0.05) is 36.8 Å². The van der Waals surface area contributed by atoms with Crippen LogP contribution in [0, 0.1) is 5.92 Å². The number of fused-ring (bicyclic) bond motifs is 3. The van der Waals surface area contributed by atoms with E-state index in [1.807, 2.05) is 49.8 Å². The van der Waals surface area contributed by atoms with E-state index in [4.69, 9.17) is 10.5 Å². The number of benzene rings is 1. The minimum Gasteiger partial charge on any atom is -0.486 e. The van der Waals surface area contributed by atoms with Crippen molar-refractivity contribution in [1.29, 1.82) is 0 Å². The normalized spacial score (nSPS) is 12.0. The van der Waals surface area contributed by atoms with Crippen molar-refractivity contribution < 1.29 is 9.53 Å². The maximum atomic E-state index is 12.1. The van der Waals surface area contributed by atoms with Crippen molar-refractivity contribution in [1.82, 2.24) is 24.7 Å². The highest BCUT2D eigenvalue weighted by atomic mass is 16.5. The van der Waals surface area contributed by atoms with Gasteiger partial charge in [-0.05, 0) is 36.1 Å². The van der Waals surface area contributed by atoms with E-state index in [1.165, 1.54) is 6.20 Å². The first kappa shape index (κ1) is 22.3. The van der Waals surface area contributed by atoms with Gasteiger partial charge in [-0.25, -0.2) is 9.97 Å². The molecule has 0 fully saturated rings. The summed E-state index contributed by atoms with van der Waals surface area (Å²) in [5.41, 5.74) is 10.3. The molecule has 0 radical (unpaired) electrons. The number of anilines is 4. The maximum Gasteiger partial charge on any atom is 0.254 e. The van der Waals surface area contributed by atoms with E-state index in [9.17, 15) is 4.79 Å². The summed E-state index contributed by atoms with van der Waals surface area (Å²) in [6.07, 6.45) is 6.11. The van der Waals surface area contributed by atoms with Crippen LogP contribution in [0.3, 0.4) is 0 Å². The highest BCUT2D eigenvalue weighted by molar-refractivity contribution is 5.98. The zero-order valence-electron chi connectivity index (χ0n) is 19.7. The number of nitrogens with one attached hydrogen (secondary N) is 2. The summed E-state index contributed by atoms with van der Waals surface area (Å²) in [5, 5.41) is 10.9. The largest absolute Gasteiger partial charge is 0.486 e. The number of aryl methyl sites for hydroxylation is 1. The van der Waals surface area contributed by atoms with E-state index >= 15 is 0 Å². The molecule has 0 bridgehead atoms. The molecule has 0 saturated heterocycles. The number of rotatable bonds is 7. The zero-order valence-corrected chi connectivity index (χ0v) is 19.7.